The maximum Gasteiger partial charge on any atom is 0.336 e. The highest BCUT2D eigenvalue weighted by Gasteiger charge is 2.68. The first-order chi connectivity index (χ1) is 12.5. The number of aliphatic hydroxyl groups excluding tert-OH is 2. The van der Waals surface area contributed by atoms with Crippen LogP contribution in [0.5, 0.6) is 0 Å². The summed E-state index contributed by atoms with van der Waals surface area (Å²) in [5.41, 5.74) is -0.271. The molecule has 0 bridgehead atoms. The zero-order valence-electron chi connectivity index (χ0n) is 16.4. The number of rotatable bonds is 2. The molecular formula is C20H28O7. The number of hydrogen-bond acceptors (Lipinski definition) is 7. The average molecular weight is 380 g/mol. The van der Waals surface area contributed by atoms with Crippen LogP contribution in [-0.4, -0.2) is 51.4 Å². The summed E-state index contributed by atoms with van der Waals surface area (Å²) in [6.45, 7) is 8.57. The first kappa shape index (κ1) is 20.0. The molecule has 7 atom stereocenters. The molecule has 3 N–H and O–H groups in total. The Morgan fingerprint density at radius 2 is 1.96 bits per heavy atom. The fourth-order valence-corrected chi connectivity index (χ4v) is 4.96. The van der Waals surface area contributed by atoms with Crippen LogP contribution in [0.25, 0.3) is 0 Å². The molecule has 3 aliphatic rings. The Hall–Kier alpha value is -1.70. The number of carbonyl (C=O) groups is 2. The van der Waals surface area contributed by atoms with E-state index in [-0.39, 0.29) is 17.1 Å². The standard InChI is InChI=1S/C20H28O7/c1-6-9(2)17(23)26-13-8-7-12-15(21)20(25)14(10(3)18(24)27-20)16(22)19(12,5)11(13)4/h6,11-13,15-16,21-22,25H,7-8H2,1-5H3. The highest BCUT2D eigenvalue weighted by atomic mass is 16.7. The van der Waals surface area contributed by atoms with E-state index in [4.69, 9.17) is 9.47 Å². The van der Waals surface area contributed by atoms with Crippen molar-refractivity contribution in [2.75, 3.05) is 0 Å². The van der Waals surface area contributed by atoms with Crippen molar-refractivity contribution in [1.29, 1.82) is 0 Å². The van der Waals surface area contributed by atoms with Crippen LogP contribution in [0.1, 0.15) is 47.5 Å². The molecule has 7 nitrogen and oxygen atoms in total. The summed E-state index contributed by atoms with van der Waals surface area (Å²) >= 11 is 0. The van der Waals surface area contributed by atoms with Crippen LogP contribution in [0, 0.1) is 17.3 Å². The largest absolute Gasteiger partial charge is 0.459 e. The van der Waals surface area contributed by atoms with Gasteiger partial charge in [0.05, 0.1) is 6.10 Å². The molecule has 7 heteroatoms. The lowest BCUT2D eigenvalue weighted by atomic mass is 9.50. The Bertz CT molecular complexity index is 739. The van der Waals surface area contributed by atoms with Crippen molar-refractivity contribution >= 4 is 11.9 Å². The van der Waals surface area contributed by atoms with E-state index < -0.39 is 47.4 Å². The molecule has 0 spiro atoms. The Kier molecular flexibility index (Phi) is 4.77. The van der Waals surface area contributed by atoms with Crippen LogP contribution in [-0.2, 0) is 19.1 Å². The zero-order valence-corrected chi connectivity index (χ0v) is 16.4. The average Bonchev–Trinajstić information content (AvgIpc) is 2.86. The van der Waals surface area contributed by atoms with Gasteiger partial charge in [-0.25, -0.2) is 9.59 Å². The number of allylic oxidation sites excluding steroid dienone is 1. The van der Waals surface area contributed by atoms with E-state index >= 15 is 0 Å². The Labute approximate surface area is 158 Å². The van der Waals surface area contributed by atoms with Gasteiger partial charge in [0.1, 0.15) is 12.2 Å². The fraction of sp³-hybridized carbons (Fsp3) is 0.700. The molecule has 2 saturated carbocycles. The predicted molar refractivity (Wildman–Crippen MR) is 95.1 cm³/mol. The third-order valence-electron chi connectivity index (χ3n) is 7.10. The molecule has 3 rings (SSSR count). The van der Waals surface area contributed by atoms with Gasteiger partial charge in [0.25, 0.3) is 5.79 Å². The lowest BCUT2D eigenvalue weighted by Crippen LogP contribution is -2.67. The second-order valence-electron chi connectivity index (χ2n) is 8.23. The van der Waals surface area contributed by atoms with Crippen molar-refractivity contribution < 1.29 is 34.4 Å². The van der Waals surface area contributed by atoms with E-state index in [0.29, 0.717) is 18.4 Å². The molecule has 1 heterocycles. The number of hydrogen-bond donors (Lipinski definition) is 3. The number of fused-ring (bicyclic) bond motifs is 2. The van der Waals surface area contributed by atoms with E-state index in [1.54, 1.807) is 26.8 Å². The molecule has 0 aromatic carbocycles. The number of carbonyl (C=O) groups excluding carboxylic acids is 2. The Morgan fingerprint density at radius 1 is 1.33 bits per heavy atom. The number of aliphatic hydroxyl groups is 3. The molecule has 2 fully saturated rings. The molecule has 7 unspecified atom stereocenters. The minimum atomic E-state index is -2.20. The summed E-state index contributed by atoms with van der Waals surface area (Å²) in [7, 11) is 0. The lowest BCUT2D eigenvalue weighted by Gasteiger charge is -2.58. The maximum absolute atomic E-state index is 12.2. The van der Waals surface area contributed by atoms with Crippen molar-refractivity contribution in [2.24, 2.45) is 17.3 Å². The van der Waals surface area contributed by atoms with E-state index in [1.807, 2.05) is 6.92 Å². The quantitative estimate of drug-likeness (QED) is 0.487. The molecule has 150 valence electrons. The van der Waals surface area contributed by atoms with E-state index in [2.05, 4.69) is 0 Å². The topological polar surface area (TPSA) is 113 Å². The molecule has 0 amide bonds. The summed E-state index contributed by atoms with van der Waals surface area (Å²) in [5.74, 6) is -4.18. The van der Waals surface area contributed by atoms with Crippen molar-refractivity contribution in [2.45, 2.75) is 71.6 Å². The van der Waals surface area contributed by atoms with Crippen LogP contribution >= 0.6 is 0 Å². The van der Waals surface area contributed by atoms with Gasteiger partial charge in [-0.1, -0.05) is 19.9 Å². The van der Waals surface area contributed by atoms with Crippen molar-refractivity contribution in [3.63, 3.8) is 0 Å². The number of esters is 2. The highest BCUT2D eigenvalue weighted by molar-refractivity contribution is 5.92. The Morgan fingerprint density at radius 3 is 2.56 bits per heavy atom. The van der Waals surface area contributed by atoms with Crippen molar-refractivity contribution in [1.82, 2.24) is 0 Å². The first-order valence-electron chi connectivity index (χ1n) is 9.37. The second-order valence-corrected chi connectivity index (χ2v) is 8.23. The SMILES string of the molecule is CC=C(C)C(=O)OC1CCC2C(O)C3(O)OC(=O)C(C)=C3C(O)C2(C)C1C. The minimum Gasteiger partial charge on any atom is -0.459 e. The van der Waals surface area contributed by atoms with Gasteiger partial charge >= 0.3 is 11.9 Å². The summed E-state index contributed by atoms with van der Waals surface area (Å²) in [4.78, 5) is 24.2. The normalized spacial score (nSPS) is 44.5. The third-order valence-corrected chi connectivity index (χ3v) is 7.10. The van der Waals surface area contributed by atoms with Crippen LogP contribution in [0.15, 0.2) is 22.8 Å². The third kappa shape index (κ3) is 2.59. The van der Waals surface area contributed by atoms with E-state index in [1.165, 1.54) is 6.92 Å². The second kappa shape index (κ2) is 6.43. The van der Waals surface area contributed by atoms with Crippen molar-refractivity contribution in [3.8, 4) is 0 Å². The zero-order chi connectivity index (χ0) is 20.3. The molecule has 2 aliphatic carbocycles. The number of ether oxygens (including phenoxy) is 2. The Balaban J connectivity index is 1.99. The molecular weight excluding hydrogens is 352 g/mol. The summed E-state index contributed by atoms with van der Waals surface area (Å²) in [5, 5.41) is 32.9. The summed E-state index contributed by atoms with van der Waals surface area (Å²) in [6.07, 6.45) is -0.440. The van der Waals surface area contributed by atoms with Gasteiger partial charge in [-0.2, -0.15) is 0 Å². The highest BCUT2D eigenvalue weighted by Crippen LogP contribution is 2.59. The fourth-order valence-electron chi connectivity index (χ4n) is 4.96. The minimum absolute atomic E-state index is 0.0159. The maximum atomic E-state index is 12.2. The molecule has 0 aromatic rings. The van der Waals surface area contributed by atoms with Gasteiger partial charge in [-0.15, -0.1) is 0 Å². The van der Waals surface area contributed by atoms with Gasteiger partial charge in [-0.3, -0.25) is 0 Å². The van der Waals surface area contributed by atoms with Crippen LogP contribution in [0.2, 0.25) is 0 Å². The van der Waals surface area contributed by atoms with Crippen LogP contribution in [0.3, 0.4) is 0 Å². The molecule has 0 aromatic heterocycles. The molecule has 0 saturated heterocycles. The monoisotopic (exact) mass is 380 g/mol. The van der Waals surface area contributed by atoms with E-state index in [0.717, 1.165) is 0 Å². The molecule has 27 heavy (non-hydrogen) atoms. The van der Waals surface area contributed by atoms with Gasteiger partial charge in [-0.05, 0) is 33.6 Å². The first-order valence-corrected chi connectivity index (χ1v) is 9.37. The molecule has 1 aliphatic heterocycles. The van der Waals surface area contributed by atoms with Crippen LogP contribution < -0.4 is 0 Å². The lowest BCUT2D eigenvalue weighted by molar-refractivity contribution is -0.279. The van der Waals surface area contributed by atoms with Gasteiger partial charge in [0.15, 0.2) is 0 Å². The van der Waals surface area contributed by atoms with Crippen LogP contribution in [0.4, 0.5) is 0 Å². The van der Waals surface area contributed by atoms with Gasteiger partial charge in [0, 0.05) is 34.0 Å². The molecule has 0 radical (unpaired) electrons. The van der Waals surface area contributed by atoms with E-state index in [9.17, 15) is 24.9 Å². The van der Waals surface area contributed by atoms with Crippen molar-refractivity contribution in [3.05, 3.63) is 22.8 Å². The van der Waals surface area contributed by atoms with Gasteiger partial charge in [0.2, 0.25) is 0 Å². The summed E-state index contributed by atoms with van der Waals surface area (Å²) < 4.78 is 10.7. The predicted octanol–water partition coefficient (Wildman–Crippen LogP) is 1.21. The smallest absolute Gasteiger partial charge is 0.336 e. The van der Waals surface area contributed by atoms with Gasteiger partial charge < -0.3 is 24.8 Å². The summed E-state index contributed by atoms with van der Waals surface area (Å²) in [6, 6.07) is 0.